The van der Waals surface area contributed by atoms with Crippen LogP contribution in [0.2, 0.25) is 0 Å². The van der Waals surface area contributed by atoms with Gasteiger partial charge >= 0.3 is 12.1 Å². The Morgan fingerprint density at radius 1 is 1.00 bits per heavy atom. The number of carboxylic acids is 1. The highest BCUT2D eigenvalue weighted by Crippen LogP contribution is 2.44. The molecule has 1 unspecified atom stereocenters. The number of hydrogen-bond acceptors (Lipinski definition) is 5. The number of carbonyl (C=O) groups excluding carboxylic acids is 2. The van der Waals surface area contributed by atoms with E-state index in [1.165, 1.54) is 27.8 Å². The zero-order valence-electron chi connectivity index (χ0n) is 19.5. The van der Waals surface area contributed by atoms with Crippen LogP contribution >= 0.6 is 11.8 Å². The van der Waals surface area contributed by atoms with Crippen molar-refractivity contribution in [2.75, 3.05) is 24.8 Å². The van der Waals surface area contributed by atoms with Crippen LogP contribution in [0, 0.1) is 11.8 Å². The Hall–Kier alpha value is -3.00. The fraction of sp³-hybridized carbons (Fsp3) is 0.444. The molecule has 0 aromatic heterocycles. The van der Waals surface area contributed by atoms with Crippen LogP contribution in [0.1, 0.15) is 42.7 Å². The fourth-order valence-electron chi connectivity index (χ4n) is 5.72. The van der Waals surface area contributed by atoms with Gasteiger partial charge in [-0.25, -0.2) is 9.59 Å². The zero-order valence-corrected chi connectivity index (χ0v) is 20.3. The number of hydrogen-bond donors (Lipinski definition) is 2. The Kier molecular flexibility index (Phi) is 7.00. The Labute approximate surface area is 209 Å². The van der Waals surface area contributed by atoms with Gasteiger partial charge in [-0.2, -0.15) is 0 Å². The maximum Gasteiger partial charge on any atom is 0.407 e. The van der Waals surface area contributed by atoms with Gasteiger partial charge in [0.25, 0.3) is 0 Å². The van der Waals surface area contributed by atoms with E-state index in [-0.39, 0.29) is 30.3 Å². The van der Waals surface area contributed by atoms with Crippen molar-refractivity contribution in [3.63, 3.8) is 0 Å². The maximum atomic E-state index is 13.2. The highest BCUT2D eigenvalue weighted by atomic mass is 32.2. The number of rotatable bonds is 6. The second-order valence-corrected chi connectivity index (χ2v) is 10.5. The molecule has 1 saturated carbocycles. The molecule has 3 aliphatic rings. The first-order valence-corrected chi connectivity index (χ1v) is 13.4. The SMILES string of the molecule is O=C(NC[C@@H]1CCCC[C@@H]1C(=O)N1CSCC1C(=O)O)OCC1c2ccccc2-c2ccccc21. The molecule has 3 atom stereocenters. The number of nitrogens with one attached hydrogen (secondary N) is 1. The molecule has 8 heteroatoms. The monoisotopic (exact) mass is 494 g/mol. The summed E-state index contributed by atoms with van der Waals surface area (Å²) in [6.45, 7) is 0.601. The molecule has 7 nitrogen and oxygen atoms in total. The number of nitrogens with zero attached hydrogens (tertiary/aromatic N) is 1. The molecule has 35 heavy (non-hydrogen) atoms. The van der Waals surface area contributed by atoms with Crippen molar-refractivity contribution in [3.8, 4) is 11.1 Å². The average molecular weight is 495 g/mol. The average Bonchev–Trinajstić information content (AvgIpc) is 3.50. The van der Waals surface area contributed by atoms with Crippen LogP contribution in [-0.2, 0) is 14.3 Å². The van der Waals surface area contributed by atoms with Crippen molar-refractivity contribution >= 4 is 29.7 Å². The van der Waals surface area contributed by atoms with Crippen LogP contribution in [-0.4, -0.2) is 58.8 Å². The van der Waals surface area contributed by atoms with Crippen LogP contribution in [0.3, 0.4) is 0 Å². The summed E-state index contributed by atoms with van der Waals surface area (Å²) in [7, 11) is 0. The van der Waals surface area contributed by atoms with Crippen molar-refractivity contribution in [1.82, 2.24) is 10.2 Å². The summed E-state index contributed by atoms with van der Waals surface area (Å²) in [5.41, 5.74) is 4.69. The molecule has 0 radical (unpaired) electrons. The molecule has 2 aromatic carbocycles. The molecule has 1 heterocycles. The predicted octanol–water partition coefficient (Wildman–Crippen LogP) is 4.32. The summed E-state index contributed by atoms with van der Waals surface area (Å²) < 4.78 is 5.65. The lowest BCUT2D eigenvalue weighted by Crippen LogP contribution is -2.48. The Balaban J connectivity index is 1.19. The smallest absolute Gasteiger partial charge is 0.407 e. The van der Waals surface area contributed by atoms with Gasteiger partial charge in [0.1, 0.15) is 12.6 Å². The van der Waals surface area contributed by atoms with Gasteiger partial charge in [0.05, 0.1) is 5.88 Å². The fourth-order valence-corrected chi connectivity index (χ4v) is 6.87. The first kappa shape index (κ1) is 23.7. The van der Waals surface area contributed by atoms with Crippen molar-refractivity contribution in [1.29, 1.82) is 0 Å². The molecule has 1 aliphatic heterocycles. The van der Waals surface area contributed by atoms with E-state index < -0.39 is 18.1 Å². The van der Waals surface area contributed by atoms with E-state index in [1.54, 1.807) is 0 Å². The zero-order chi connectivity index (χ0) is 24.4. The molecular weight excluding hydrogens is 464 g/mol. The lowest BCUT2D eigenvalue weighted by atomic mass is 9.78. The lowest BCUT2D eigenvalue weighted by Gasteiger charge is -2.34. The van der Waals surface area contributed by atoms with Gasteiger partial charge in [-0.1, -0.05) is 61.4 Å². The summed E-state index contributed by atoms with van der Waals surface area (Å²) in [4.78, 5) is 38.9. The lowest BCUT2D eigenvalue weighted by molar-refractivity contribution is -0.150. The number of carboxylic acid groups (broad SMARTS) is 1. The molecule has 0 spiro atoms. The van der Waals surface area contributed by atoms with E-state index in [9.17, 15) is 19.5 Å². The van der Waals surface area contributed by atoms with E-state index >= 15 is 0 Å². The third-order valence-electron chi connectivity index (χ3n) is 7.53. The number of thioether (sulfide) groups is 1. The van der Waals surface area contributed by atoms with Crippen LogP contribution in [0.5, 0.6) is 0 Å². The number of benzene rings is 2. The molecule has 2 fully saturated rings. The Bertz CT molecular complexity index is 1080. The summed E-state index contributed by atoms with van der Waals surface area (Å²) in [6.07, 6.45) is 3.01. The van der Waals surface area contributed by atoms with Crippen LogP contribution < -0.4 is 5.32 Å². The summed E-state index contributed by atoms with van der Waals surface area (Å²) >= 11 is 1.47. The molecular formula is C27H30N2O5S. The van der Waals surface area contributed by atoms with Crippen molar-refractivity contribution in [2.24, 2.45) is 11.8 Å². The Morgan fingerprint density at radius 2 is 1.66 bits per heavy atom. The number of ether oxygens (including phenoxy) is 1. The van der Waals surface area contributed by atoms with Gasteiger partial charge in [-0.05, 0) is 41.0 Å². The van der Waals surface area contributed by atoms with Gasteiger partial charge in [0.15, 0.2) is 0 Å². The number of fused-ring (bicyclic) bond motifs is 3. The molecule has 2 aromatic rings. The second-order valence-electron chi connectivity index (χ2n) is 9.52. The highest BCUT2D eigenvalue weighted by Gasteiger charge is 2.41. The molecule has 5 rings (SSSR count). The van der Waals surface area contributed by atoms with Crippen LogP contribution in [0.4, 0.5) is 4.79 Å². The van der Waals surface area contributed by atoms with Crippen LogP contribution in [0.15, 0.2) is 48.5 Å². The van der Waals surface area contributed by atoms with Crippen LogP contribution in [0.25, 0.3) is 11.1 Å². The normalized spacial score (nSPS) is 23.4. The molecule has 0 bridgehead atoms. The topological polar surface area (TPSA) is 95.9 Å². The molecule has 2 N–H and O–H groups in total. The third kappa shape index (κ3) is 4.76. The van der Waals surface area contributed by atoms with E-state index in [1.807, 2.05) is 24.3 Å². The number of aliphatic carboxylic acids is 1. The molecule has 184 valence electrons. The van der Waals surface area contributed by atoms with Crippen molar-refractivity contribution in [2.45, 2.75) is 37.6 Å². The molecule has 2 amide bonds. The number of carbonyl (C=O) groups is 3. The van der Waals surface area contributed by atoms with Gasteiger partial charge in [-0.3, -0.25) is 4.79 Å². The molecule has 2 aliphatic carbocycles. The first-order chi connectivity index (χ1) is 17.0. The maximum absolute atomic E-state index is 13.2. The quantitative estimate of drug-likeness (QED) is 0.621. The Morgan fingerprint density at radius 3 is 2.34 bits per heavy atom. The summed E-state index contributed by atoms with van der Waals surface area (Å²) in [5, 5.41) is 12.3. The van der Waals surface area contributed by atoms with Gasteiger partial charge < -0.3 is 20.1 Å². The van der Waals surface area contributed by atoms with E-state index in [2.05, 4.69) is 29.6 Å². The minimum Gasteiger partial charge on any atom is -0.480 e. The third-order valence-corrected chi connectivity index (χ3v) is 8.54. The van der Waals surface area contributed by atoms with E-state index in [4.69, 9.17) is 4.74 Å². The number of amides is 2. The van der Waals surface area contributed by atoms with Gasteiger partial charge in [-0.15, -0.1) is 11.8 Å². The standard InChI is InChI=1S/C27H30N2O5S/c30-25(29-16-35-15-24(29)26(31)32)18-8-2-1-7-17(18)13-28-27(33)34-14-23-21-11-5-3-9-19(21)20-10-4-6-12-22(20)23/h3-6,9-12,17-18,23-24H,1-2,7-8,13-16H2,(H,28,33)(H,31,32)/t17-,18-,24?/m0/s1. The summed E-state index contributed by atoms with van der Waals surface area (Å²) in [5.74, 6) is -0.489. The minimum atomic E-state index is -0.951. The first-order valence-electron chi connectivity index (χ1n) is 12.2. The minimum absolute atomic E-state index is 0.00206. The van der Waals surface area contributed by atoms with Crippen molar-refractivity contribution < 1.29 is 24.2 Å². The largest absolute Gasteiger partial charge is 0.480 e. The number of alkyl carbamates (subject to hydrolysis) is 1. The highest BCUT2D eigenvalue weighted by molar-refractivity contribution is 7.99. The predicted molar refractivity (Wildman–Crippen MR) is 134 cm³/mol. The molecule has 1 saturated heterocycles. The van der Waals surface area contributed by atoms with Gasteiger partial charge in [0, 0.05) is 24.1 Å². The second kappa shape index (κ2) is 10.3. The van der Waals surface area contributed by atoms with E-state index in [0.717, 1.165) is 36.8 Å². The van der Waals surface area contributed by atoms with Crippen molar-refractivity contribution in [3.05, 3.63) is 59.7 Å². The summed E-state index contributed by atoms with van der Waals surface area (Å²) in [6, 6.07) is 15.7. The van der Waals surface area contributed by atoms with Gasteiger partial charge in [0.2, 0.25) is 5.91 Å². The van der Waals surface area contributed by atoms with E-state index in [0.29, 0.717) is 18.2 Å².